The Bertz CT molecular complexity index is 625. The number of anilines is 1. The zero-order chi connectivity index (χ0) is 13.2. The third-order valence-electron chi connectivity index (χ3n) is 2.16. The van der Waals surface area contributed by atoms with Gasteiger partial charge in [-0.15, -0.1) is 10.2 Å². The van der Waals surface area contributed by atoms with E-state index in [1.165, 1.54) is 7.05 Å². The number of aromatic nitrogens is 3. The van der Waals surface area contributed by atoms with Crippen molar-refractivity contribution >= 4 is 26.5 Å². The number of hydrogen-bond donors (Lipinski definition) is 1. The van der Waals surface area contributed by atoms with Crippen LogP contribution in [-0.2, 0) is 16.6 Å². The summed E-state index contributed by atoms with van der Waals surface area (Å²) in [5.41, 5.74) is 6.03. The van der Waals surface area contributed by atoms with Crippen LogP contribution < -0.4 is 5.73 Å². The van der Waals surface area contributed by atoms with E-state index in [1.54, 1.807) is 24.4 Å². The van der Waals surface area contributed by atoms with Crippen LogP contribution in [0.1, 0.15) is 5.69 Å². The van der Waals surface area contributed by atoms with Gasteiger partial charge in [-0.1, -0.05) is 17.4 Å². The molecule has 2 aromatic heterocycles. The van der Waals surface area contributed by atoms with Gasteiger partial charge in [0.25, 0.3) is 10.0 Å². The van der Waals surface area contributed by atoms with Gasteiger partial charge in [-0.05, 0) is 12.1 Å². The predicted molar refractivity (Wildman–Crippen MR) is 67.2 cm³/mol. The van der Waals surface area contributed by atoms with Crippen LogP contribution in [0.15, 0.2) is 28.7 Å². The molecular weight excluding hydrogens is 274 g/mol. The lowest BCUT2D eigenvalue weighted by atomic mass is 10.3. The number of rotatable bonds is 4. The summed E-state index contributed by atoms with van der Waals surface area (Å²) in [6, 6.07) is 5.32. The SMILES string of the molecule is CN(Cc1ccccn1)S(=O)(=O)c1nnc(N)s1. The van der Waals surface area contributed by atoms with E-state index in [1.807, 2.05) is 0 Å². The van der Waals surface area contributed by atoms with Gasteiger partial charge in [0.2, 0.25) is 9.47 Å². The minimum absolute atomic E-state index is 0.113. The molecule has 0 amide bonds. The highest BCUT2D eigenvalue weighted by Gasteiger charge is 2.25. The summed E-state index contributed by atoms with van der Waals surface area (Å²) in [6.45, 7) is 0.169. The molecule has 0 aliphatic carbocycles. The monoisotopic (exact) mass is 285 g/mol. The number of nitrogens with two attached hydrogens (primary N) is 1. The summed E-state index contributed by atoms with van der Waals surface area (Å²) >= 11 is 0.839. The first-order chi connectivity index (χ1) is 8.50. The van der Waals surface area contributed by atoms with Gasteiger partial charge in [-0.3, -0.25) is 4.98 Å². The van der Waals surface area contributed by atoms with Crippen LogP contribution in [0.5, 0.6) is 0 Å². The summed E-state index contributed by atoms with van der Waals surface area (Å²) < 4.78 is 25.3. The van der Waals surface area contributed by atoms with E-state index < -0.39 is 10.0 Å². The van der Waals surface area contributed by atoms with E-state index in [-0.39, 0.29) is 16.0 Å². The fraction of sp³-hybridized carbons (Fsp3) is 0.222. The van der Waals surface area contributed by atoms with Gasteiger partial charge < -0.3 is 5.73 Å². The van der Waals surface area contributed by atoms with E-state index in [0.717, 1.165) is 15.6 Å². The van der Waals surface area contributed by atoms with Crippen molar-refractivity contribution in [3.05, 3.63) is 30.1 Å². The van der Waals surface area contributed by atoms with Crippen molar-refractivity contribution in [1.82, 2.24) is 19.5 Å². The molecule has 0 spiro atoms. The zero-order valence-electron chi connectivity index (χ0n) is 9.52. The molecule has 0 saturated carbocycles. The zero-order valence-corrected chi connectivity index (χ0v) is 11.1. The molecule has 2 heterocycles. The molecule has 0 fully saturated rings. The van der Waals surface area contributed by atoms with Gasteiger partial charge >= 0.3 is 0 Å². The highest BCUT2D eigenvalue weighted by molar-refractivity contribution is 7.91. The average molecular weight is 285 g/mol. The lowest BCUT2D eigenvalue weighted by Crippen LogP contribution is -2.26. The minimum Gasteiger partial charge on any atom is -0.374 e. The third-order valence-corrected chi connectivity index (χ3v) is 5.07. The van der Waals surface area contributed by atoms with Crippen molar-refractivity contribution in [2.24, 2.45) is 0 Å². The molecule has 2 N–H and O–H groups in total. The molecule has 0 radical (unpaired) electrons. The Morgan fingerprint density at radius 3 is 2.72 bits per heavy atom. The van der Waals surface area contributed by atoms with Crippen LogP contribution in [0.25, 0.3) is 0 Å². The van der Waals surface area contributed by atoms with E-state index >= 15 is 0 Å². The molecule has 0 atom stereocenters. The Balaban J connectivity index is 2.21. The van der Waals surface area contributed by atoms with Crippen LogP contribution in [0.4, 0.5) is 5.13 Å². The largest absolute Gasteiger partial charge is 0.374 e. The van der Waals surface area contributed by atoms with Crippen LogP contribution in [0.2, 0.25) is 0 Å². The Morgan fingerprint density at radius 1 is 1.39 bits per heavy atom. The van der Waals surface area contributed by atoms with Gasteiger partial charge in [0, 0.05) is 13.2 Å². The molecule has 0 aliphatic rings. The van der Waals surface area contributed by atoms with Gasteiger partial charge in [0.15, 0.2) is 0 Å². The Kier molecular flexibility index (Phi) is 3.55. The molecule has 9 heteroatoms. The number of hydrogen-bond acceptors (Lipinski definition) is 7. The second-order valence-corrected chi connectivity index (χ2v) is 6.72. The summed E-state index contributed by atoms with van der Waals surface area (Å²) in [5.74, 6) is 0. The van der Waals surface area contributed by atoms with Crippen LogP contribution in [-0.4, -0.2) is 35.0 Å². The van der Waals surface area contributed by atoms with E-state index in [2.05, 4.69) is 15.2 Å². The summed E-state index contributed by atoms with van der Waals surface area (Å²) in [7, 11) is -2.20. The normalized spacial score (nSPS) is 11.9. The second kappa shape index (κ2) is 4.96. The molecule has 18 heavy (non-hydrogen) atoms. The maximum Gasteiger partial charge on any atom is 0.272 e. The first kappa shape index (κ1) is 12.9. The van der Waals surface area contributed by atoms with Crippen LogP contribution in [0.3, 0.4) is 0 Å². The highest BCUT2D eigenvalue weighted by Crippen LogP contribution is 2.21. The molecule has 0 saturated heterocycles. The smallest absolute Gasteiger partial charge is 0.272 e. The van der Waals surface area contributed by atoms with Crippen molar-refractivity contribution in [3.63, 3.8) is 0 Å². The number of nitrogen functional groups attached to an aromatic ring is 1. The summed E-state index contributed by atoms with van der Waals surface area (Å²) in [5, 5.41) is 7.17. The summed E-state index contributed by atoms with van der Waals surface area (Å²) in [6.07, 6.45) is 1.61. The summed E-state index contributed by atoms with van der Waals surface area (Å²) in [4.78, 5) is 4.07. The average Bonchev–Trinajstić information content (AvgIpc) is 2.78. The quantitative estimate of drug-likeness (QED) is 0.868. The molecule has 0 aromatic carbocycles. The number of sulfonamides is 1. The lowest BCUT2D eigenvalue weighted by molar-refractivity contribution is 0.461. The second-order valence-electron chi connectivity index (χ2n) is 3.49. The number of pyridine rings is 1. The fourth-order valence-corrected chi connectivity index (χ4v) is 3.38. The van der Waals surface area contributed by atoms with E-state index in [4.69, 9.17) is 5.73 Å². The minimum atomic E-state index is -3.66. The fourth-order valence-electron chi connectivity index (χ4n) is 1.26. The van der Waals surface area contributed by atoms with Crippen LogP contribution >= 0.6 is 11.3 Å². The molecule has 0 unspecified atom stereocenters. The Labute approximate surface area is 108 Å². The maximum absolute atomic E-state index is 12.1. The van der Waals surface area contributed by atoms with E-state index in [0.29, 0.717) is 5.69 Å². The Hall–Kier alpha value is -1.58. The third kappa shape index (κ3) is 2.63. The van der Waals surface area contributed by atoms with Gasteiger partial charge in [0.1, 0.15) is 0 Å². The van der Waals surface area contributed by atoms with Gasteiger partial charge in [-0.25, -0.2) is 8.42 Å². The molecule has 96 valence electrons. The lowest BCUT2D eigenvalue weighted by Gasteiger charge is -2.14. The molecular formula is C9H11N5O2S2. The Morgan fingerprint density at radius 2 is 2.17 bits per heavy atom. The van der Waals surface area contributed by atoms with E-state index in [9.17, 15) is 8.42 Å². The molecule has 2 aromatic rings. The van der Waals surface area contributed by atoms with Crippen molar-refractivity contribution < 1.29 is 8.42 Å². The topological polar surface area (TPSA) is 102 Å². The highest BCUT2D eigenvalue weighted by atomic mass is 32.2. The number of nitrogens with zero attached hydrogens (tertiary/aromatic N) is 4. The predicted octanol–water partition coefficient (Wildman–Crippen LogP) is 0.336. The van der Waals surface area contributed by atoms with Gasteiger partial charge in [-0.2, -0.15) is 4.31 Å². The molecule has 0 bridgehead atoms. The van der Waals surface area contributed by atoms with Gasteiger partial charge in [0.05, 0.1) is 12.2 Å². The molecule has 7 nitrogen and oxygen atoms in total. The first-order valence-corrected chi connectivity index (χ1v) is 7.21. The maximum atomic E-state index is 12.1. The van der Waals surface area contributed by atoms with Crippen molar-refractivity contribution in [2.75, 3.05) is 12.8 Å². The molecule has 0 aliphatic heterocycles. The standard InChI is InChI=1S/C9H11N5O2S2/c1-14(6-7-4-2-3-5-11-7)18(15,16)9-13-12-8(10)17-9/h2-5H,6H2,1H3,(H2,10,12). The van der Waals surface area contributed by atoms with Crippen molar-refractivity contribution in [3.8, 4) is 0 Å². The van der Waals surface area contributed by atoms with Crippen LogP contribution in [0, 0.1) is 0 Å². The first-order valence-electron chi connectivity index (χ1n) is 4.95. The molecule has 2 rings (SSSR count). The van der Waals surface area contributed by atoms with Crippen molar-refractivity contribution in [2.45, 2.75) is 10.9 Å². The van der Waals surface area contributed by atoms with Crippen molar-refractivity contribution in [1.29, 1.82) is 0 Å².